The van der Waals surface area contributed by atoms with Crippen LogP contribution in [0.3, 0.4) is 0 Å². The van der Waals surface area contributed by atoms with Gasteiger partial charge >= 0.3 is 12.4 Å². The van der Waals surface area contributed by atoms with Gasteiger partial charge in [-0.2, -0.15) is 41.3 Å². The number of alkyl halides is 6. The minimum atomic E-state index is -4.75. The van der Waals surface area contributed by atoms with Crippen LogP contribution in [0.15, 0.2) is 5.83 Å². The molecule has 0 amide bonds. The number of hydrogen-bond acceptors (Lipinski definition) is 6. The molecule has 2 rings (SSSR count). The Bertz CT molecular complexity index is 817. The molecule has 156 valence electrons. The van der Waals surface area contributed by atoms with Crippen molar-refractivity contribution >= 4 is 23.3 Å². The number of allylic oxidation sites excluding steroid dienone is 2. The van der Waals surface area contributed by atoms with Gasteiger partial charge in [0.05, 0.1) is 0 Å². The molecule has 13 heteroatoms. The van der Waals surface area contributed by atoms with Crippen molar-refractivity contribution in [3.63, 3.8) is 0 Å². The van der Waals surface area contributed by atoms with Crippen LogP contribution in [0, 0.1) is 0 Å². The maximum absolute atomic E-state index is 14.4. The van der Waals surface area contributed by atoms with Gasteiger partial charge in [0.25, 0.3) is 0 Å². The van der Waals surface area contributed by atoms with E-state index in [1.54, 1.807) is 0 Å². The van der Waals surface area contributed by atoms with Gasteiger partial charge in [-0.25, -0.2) is 4.39 Å². The normalized spacial score (nSPS) is 21.0. The number of nitrogens with zero attached hydrogens (tertiary/aromatic N) is 3. The first-order valence-electron chi connectivity index (χ1n) is 8.89. The molecule has 6 nitrogen and oxygen atoms in total. The minimum absolute atomic E-state index is 0.406. The molecule has 1 aliphatic carbocycles. The van der Waals surface area contributed by atoms with E-state index in [-0.39, 0.29) is 0 Å². The van der Waals surface area contributed by atoms with Crippen LogP contribution < -0.4 is 10.6 Å². The summed E-state index contributed by atoms with van der Waals surface area (Å²) in [7, 11) is 0. The SMILES string of the molecule is [2H]C1([2H])CCC(c2nc(N[C@H](C)C(F)(F)F)nc(N[C@H](C)C(F)(F)F)n2)=C(F)C1=O. The van der Waals surface area contributed by atoms with Crippen molar-refractivity contribution in [2.75, 3.05) is 10.6 Å². The molecule has 2 atom stereocenters. The first-order chi connectivity index (χ1) is 13.5. The fraction of sp³-hybridized carbons (Fsp3) is 0.600. The summed E-state index contributed by atoms with van der Waals surface area (Å²) >= 11 is 0. The van der Waals surface area contributed by atoms with Gasteiger partial charge in [0.15, 0.2) is 17.4 Å². The monoisotopic (exact) mass is 417 g/mol. The van der Waals surface area contributed by atoms with Crippen LogP contribution in [0.25, 0.3) is 5.57 Å². The quantitative estimate of drug-likeness (QED) is 0.705. The molecule has 0 fully saturated rings. The lowest BCUT2D eigenvalue weighted by Gasteiger charge is -2.21. The van der Waals surface area contributed by atoms with E-state index in [9.17, 15) is 35.5 Å². The second-order valence-electron chi connectivity index (χ2n) is 5.92. The van der Waals surface area contributed by atoms with Crippen LogP contribution in [-0.4, -0.2) is 45.2 Å². The van der Waals surface area contributed by atoms with Gasteiger partial charge in [-0.1, -0.05) is 0 Å². The molecule has 0 saturated carbocycles. The Morgan fingerprint density at radius 3 is 1.86 bits per heavy atom. The van der Waals surface area contributed by atoms with Crippen molar-refractivity contribution in [3.8, 4) is 0 Å². The number of hydrogen-bond donors (Lipinski definition) is 2. The number of Topliss-reactive ketones (excluding diaryl/α,β-unsaturated/α-hetero) is 1. The van der Waals surface area contributed by atoms with Gasteiger partial charge in [0.2, 0.25) is 11.9 Å². The lowest BCUT2D eigenvalue weighted by molar-refractivity contribution is -0.139. The van der Waals surface area contributed by atoms with Gasteiger partial charge in [-0.15, -0.1) is 0 Å². The van der Waals surface area contributed by atoms with Crippen LogP contribution in [0.2, 0.25) is 0 Å². The second kappa shape index (κ2) is 7.87. The Morgan fingerprint density at radius 1 is 0.964 bits per heavy atom. The van der Waals surface area contributed by atoms with E-state index < -0.39 is 78.6 Å². The third-order valence-corrected chi connectivity index (χ3v) is 3.70. The molecular weight excluding hydrogens is 399 g/mol. The number of anilines is 2. The summed E-state index contributed by atoms with van der Waals surface area (Å²) in [5, 5.41) is 3.69. The van der Waals surface area contributed by atoms with Crippen molar-refractivity contribution in [1.82, 2.24) is 15.0 Å². The number of carbonyl (C=O) groups is 1. The molecule has 1 heterocycles. The van der Waals surface area contributed by atoms with E-state index in [4.69, 9.17) is 2.74 Å². The number of nitrogens with one attached hydrogen (secondary N) is 2. The first-order valence-corrected chi connectivity index (χ1v) is 7.89. The highest BCUT2D eigenvalue weighted by Crippen LogP contribution is 2.31. The van der Waals surface area contributed by atoms with Crippen molar-refractivity contribution in [2.45, 2.75) is 57.5 Å². The van der Waals surface area contributed by atoms with Gasteiger partial charge in [-0.05, 0) is 26.7 Å². The third-order valence-electron chi connectivity index (χ3n) is 3.70. The topological polar surface area (TPSA) is 79.8 Å². The molecule has 0 spiro atoms. The van der Waals surface area contributed by atoms with Crippen LogP contribution in [0.4, 0.5) is 42.6 Å². The highest BCUT2D eigenvalue weighted by atomic mass is 19.4. The fourth-order valence-electron chi connectivity index (χ4n) is 2.03. The molecule has 28 heavy (non-hydrogen) atoms. The molecule has 0 saturated heterocycles. The molecule has 0 bridgehead atoms. The van der Waals surface area contributed by atoms with Crippen LogP contribution in [0.5, 0.6) is 0 Å². The van der Waals surface area contributed by atoms with Crippen LogP contribution >= 0.6 is 0 Å². The molecule has 1 aromatic rings. The molecule has 0 radical (unpaired) electrons. The maximum atomic E-state index is 14.4. The lowest BCUT2D eigenvalue weighted by Crippen LogP contribution is -2.35. The predicted octanol–water partition coefficient (Wildman–Crippen LogP) is 4.03. The molecule has 1 aliphatic rings. The molecule has 0 aromatic carbocycles. The first kappa shape index (κ1) is 18.9. The number of rotatable bonds is 5. The summed E-state index contributed by atoms with van der Waals surface area (Å²) in [6, 6.07) is -4.41. The number of ketones is 1. The Morgan fingerprint density at radius 2 is 1.43 bits per heavy atom. The van der Waals surface area contributed by atoms with E-state index in [0.717, 1.165) is 0 Å². The summed E-state index contributed by atoms with van der Waals surface area (Å²) in [5.41, 5.74) is -0.539. The summed E-state index contributed by atoms with van der Waals surface area (Å²) in [6.45, 7) is 1.40. The van der Waals surface area contributed by atoms with Gasteiger partial charge < -0.3 is 10.6 Å². The van der Waals surface area contributed by atoms with Crippen molar-refractivity contribution < 1.29 is 38.3 Å². The second-order valence-corrected chi connectivity index (χ2v) is 5.92. The molecular formula is C15H16F7N5O. The predicted molar refractivity (Wildman–Crippen MR) is 85.0 cm³/mol. The highest BCUT2D eigenvalue weighted by molar-refractivity contribution is 6.01. The Labute approximate surface area is 157 Å². The zero-order valence-corrected chi connectivity index (χ0v) is 14.5. The Hall–Kier alpha value is -2.47. The number of halogens is 7. The summed E-state index contributed by atoms with van der Waals surface area (Å²) in [5.74, 6) is -5.35. The van der Waals surface area contributed by atoms with E-state index in [2.05, 4.69) is 15.0 Å². The van der Waals surface area contributed by atoms with Crippen molar-refractivity contribution in [3.05, 3.63) is 11.7 Å². The molecule has 1 aromatic heterocycles. The number of carbonyl (C=O) groups excluding carboxylic acids is 1. The molecule has 0 aliphatic heterocycles. The lowest BCUT2D eigenvalue weighted by atomic mass is 9.97. The van der Waals surface area contributed by atoms with E-state index in [0.29, 0.717) is 13.8 Å². The number of aromatic nitrogens is 3. The average Bonchev–Trinajstić information content (AvgIpc) is 2.58. The highest BCUT2D eigenvalue weighted by Gasteiger charge is 2.38. The van der Waals surface area contributed by atoms with E-state index >= 15 is 0 Å². The van der Waals surface area contributed by atoms with E-state index in [1.807, 2.05) is 10.6 Å². The summed E-state index contributed by atoms with van der Waals surface area (Å²) in [6.07, 6.45) is -12.9. The summed E-state index contributed by atoms with van der Waals surface area (Å²) < 4.78 is 106. The largest absolute Gasteiger partial charge is 0.408 e. The van der Waals surface area contributed by atoms with Gasteiger partial charge in [0.1, 0.15) is 12.1 Å². The van der Waals surface area contributed by atoms with Crippen LogP contribution in [-0.2, 0) is 4.79 Å². The van der Waals surface area contributed by atoms with Crippen molar-refractivity contribution in [1.29, 1.82) is 0 Å². The summed E-state index contributed by atoms with van der Waals surface area (Å²) in [4.78, 5) is 22.4. The van der Waals surface area contributed by atoms with Gasteiger partial charge in [-0.3, -0.25) is 4.79 Å². The standard InChI is InChI=1S/C15H16F7N5O/c1-6(14(17,18)19)23-12-25-11(8-4-3-5-9(28)10(8)16)26-13(27-12)24-7(2)15(20,21)22/h6-7H,3-5H2,1-2H3,(H2,23,24,25,26,27)/t6-,7-/m1/s1/i5D2. The maximum Gasteiger partial charge on any atom is 0.408 e. The smallest absolute Gasteiger partial charge is 0.343 e. The zero-order chi connectivity index (χ0) is 23.1. The minimum Gasteiger partial charge on any atom is -0.343 e. The molecule has 0 unspecified atom stereocenters. The zero-order valence-electron chi connectivity index (χ0n) is 16.5. The Kier molecular flexibility index (Phi) is 5.31. The average molecular weight is 417 g/mol. The third kappa shape index (κ3) is 5.29. The molecule has 2 N–H and O–H groups in total. The van der Waals surface area contributed by atoms with Crippen molar-refractivity contribution in [2.24, 2.45) is 0 Å². The Balaban J connectivity index is 2.51. The van der Waals surface area contributed by atoms with Gasteiger partial charge in [0, 0.05) is 14.7 Å². The van der Waals surface area contributed by atoms with Crippen LogP contribution in [0.1, 0.15) is 41.6 Å². The van der Waals surface area contributed by atoms with E-state index in [1.165, 1.54) is 0 Å². The fourth-order valence-corrected chi connectivity index (χ4v) is 2.03.